The maximum absolute atomic E-state index is 10.9. The topological polar surface area (TPSA) is 50.2 Å². The van der Waals surface area contributed by atoms with Gasteiger partial charge in [0.25, 0.3) is 0 Å². The number of hydrogen-bond acceptors (Lipinski definition) is 2. The lowest BCUT2D eigenvalue weighted by Crippen LogP contribution is -1.98. The summed E-state index contributed by atoms with van der Waals surface area (Å²) in [6, 6.07) is 12.1. The fourth-order valence-electron chi connectivity index (χ4n) is 1.38. The van der Waals surface area contributed by atoms with Crippen molar-refractivity contribution in [2.24, 2.45) is 0 Å². The van der Waals surface area contributed by atoms with Gasteiger partial charge in [-0.1, -0.05) is 41.9 Å². The third-order valence-corrected chi connectivity index (χ3v) is 2.30. The second-order valence-corrected chi connectivity index (χ2v) is 3.62. The first-order valence-corrected chi connectivity index (χ1v) is 5.01. The van der Waals surface area contributed by atoms with E-state index in [0.717, 1.165) is 5.56 Å². The fraction of sp³-hybridized carbons (Fsp3) is 0. The van der Waals surface area contributed by atoms with Gasteiger partial charge in [0.15, 0.2) is 0 Å². The van der Waals surface area contributed by atoms with Crippen molar-refractivity contribution in [3.8, 4) is 11.3 Å². The maximum Gasteiger partial charge on any atom is 0.335 e. The van der Waals surface area contributed by atoms with Crippen LogP contribution in [0.15, 0.2) is 42.5 Å². The number of aromatic carboxylic acids is 1. The molecule has 0 aliphatic heterocycles. The van der Waals surface area contributed by atoms with Crippen LogP contribution in [0, 0.1) is 0 Å². The van der Waals surface area contributed by atoms with Crippen molar-refractivity contribution in [3.63, 3.8) is 0 Å². The van der Waals surface area contributed by atoms with Gasteiger partial charge in [0.1, 0.15) is 5.15 Å². The van der Waals surface area contributed by atoms with E-state index >= 15 is 0 Å². The molecule has 1 aromatic heterocycles. The van der Waals surface area contributed by atoms with E-state index in [1.807, 2.05) is 30.3 Å². The highest BCUT2D eigenvalue weighted by atomic mass is 35.5. The maximum atomic E-state index is 10.9. The highest BCUT2D eigenvalue weighted by Crippen LogP contribution is 2.20. The highest BCUT2D eigenvalue weighted by Gasteiger charge is 2.08. The predicted octanol–water partition coefficient (Wildman–Crippen LogP) is 3.10. The summed E-state index contributed by atoms with van der Waals surface area (Å²) in [5.41, 5.74) is 1.54. The zero-order chi connectivity index (χ0) is 11.5. The standard InChI is InChI=1S/C12H8ClNO2/c13-11-7-9(12(15)16)6-10(14-11)8-4-2-1-3-5-8/h1-7H,(H,15,16). The summed E-state index contributed by atoms with van der Waals surface area (Å²) in [6.45, 7) is 0. The summed E-state index contributed by atoms with van der Waals surface area (Å²) in [7, 11) is 0. The van der Waals surface area contributed by atoms with Gasteiger partial charge in [0, 0.05) is 5.56 Å². The molecule has 1 aromatic carbocycles. The number of pyridine rings is 1. The number of carboxylic acids is 1. The molecule has 0 unspecified atom stereocenters. The van der Waals surface area contributed by atoms with Gasteiger partial charge in [0.05, 0.1) is 11.3 Å². The van der Waals surface area contributed by atoms with Crippen molar-refractivity contribution >= 4 is 17.6 Å². The molecule has 0 atom stereocenters. The van der Waals surface area contributed by atoms with Crippen molar-refractivity contribution in [2.45, 2.75) is 0 Å². The van der Waals surface area contributed by atoms with Crippen LogP contribution >= 0.6 is 11.6 Å². The first-order valence-electron chi connectivity index (χ1n) is 4.63. The largest absolute Gasteiger partial charge is 0.478 e. The normalized spacial score (nSPS) is 10.1. The number of aromatic nitrogens is 1. The molecule has 1 heterocycles. The van der Waals surface area contributed by atoms with E-state index in [9.17, 15) is 4.79 Å². The fourth-order valence-corrected chi connectivity index (χ4v) is 1.59. The molecule has 0 amide bonds. The van der Waals surface area contributed by atoms with E-state index in [4.69, 9.17) is 16.7 Å². The monoisotopic (exact) mass is 233 g/mol. The van der Waals surface area contributed by atoms with E-state index in [1.54, 1.807) is 0 Å². The molecule has 0 fully saturated rings. The Kier molecular flexibility index (Phi) is 2.88. The Morgan fingerprint density at radius 1 is 1.19 bits per heavy atom. The van der Waals surface area contributed by atoms with Crippen LogP contribution < -0.4 is 0 Å². The third kappa shape index (κ3) is 2.20. The van der Waals surface area contributed by atoms with Crippen molar-refractivity contribution < 1.29 is 9.90 Å². The molecular weight excluding hydrogens is 226 g/mol. The molecule has 4 heteroatoms. The quantitative estimate of drug-likeness (QED) is 0.811. The van der Waals surface area contributed by atoms with Crippen LogP contribution in [0.4, 0.5) is 0 Å². The van der Waals surface area contributed by atoms with Crippen LogP contribution in [0.1, 0.15) is 10.4 Å². The minimum absolute atomic E-state index is 0.138. The molecule has 0 saturated carbocycles. The Morgan fingerprint density at radius 2 is 1.88 bits per heavy atom. The van der Waals surface area contributed by atoms with Crippen LogP contribution in [0.2, 0.25) is 5.15 Å². The molecule has 0 aliphatic carbocycles. The van der Waals surface area contributed by atoms with Gasteiger partial charge in [-0.2, -0.15) is 0 Å². The summed E-state index contributed by atoms with van der Waals surface area (Å²) in [5.74, 6) is -1.01. The van der Waals surface area contributed by atoms with Crippen LogP contribution in [-0.4, -0.2) is 16.1 Å². The van der Waals surface area contributed by atoms with Crippen LogP contribution in [0.5, 0.6) is 0 Å². The summed E-state index contributed by atoms with van der Waals surface area (Å²) in [6.07, 6.45) is 0. The van der Waals surface area contributed by atoms with E-state index in [-0.39, 0.29) is 10.7 Å². The SMILES string of the molecule is O=C(O)c1cc(Cl)nc(-c2ccccc2)c1. The molecule has 0 bridgehead atoms. The minimum atomic E-state index is -1.01. The van der Waals surface area contributed by atoms with Gasteiger partial charge in [-0.3, -0.25) is 0 Å². The van der Waals surface area contributed by atoms with Gasteiger partial charge in [-0.15, -0.1) is 0 Å². The average Bonchev–Trinajstić information content (AvgIpc) is 2.29. The predicted molar refractivity (Wildman–Crippen MR) is 61.6 cm³/mol. The van der Waals surface area contributed by atoms with Crippen molar-refractivity contribution in [1.29, 1.82) is 0 Å². The lowest BCUT2D eigenvalue weighted by molar-refractivity contribution is 0.0697. The van der Waals surface area contributed by atoms with Gasteiger partial charge in [0.2, 0.25) is 0 Å². The van der Waals surface area contributed by atoms with Gasteiger partial charge in [-0.05, 0) is 12.1 Å². The first-order chi connectivity index (χ1) is 7.66. The van der Waals surface area contributed by atoms with Gasteiger partial charge in [-0.25, -0.2) is 9.78 Å². The molecule has 2 rings (SSSR count). The zero-order valence-corrected chi connectivity index (χ0v) is 8.98. The Balaban J connectivity index is 2.54. The molecule has 80 valence electrons. The number of nitrogens with zero attached hydrogens (tertiary/aromatic N) is 1. The Labute approximate surface area is 97.3 Å². The van der Waals surface area contributed by atoms with Crippen molar-refractivity contribution in [3.05, 3.63) is 53.2 Å². The second kappa shape index (κ2) is 4.33. The average molecular weight is 234 g/mol. The van der Waals surface area contributed by atoms with Gasteiger partial charge < -0.3 is 5.11 Å². The minimum Gasteiger partial charge on any atom is -0.478 e. The molecule has 0 spiro atoms. The van der Waals surface area contributed by atoms with E-state index in [0.29, 0.717) is 5.69 Å². The number of hydrogen-bond donors (Lipinski definition) is 1. The molecule has 0 aliphatic rings. The van der Waals surface area contributed by atoms with Crippen LogP contribution in [-0.2, 0) is 0 Å². The number of carbonyl (C=O) groups is 1. The Hall–Kier alpha value is -1.87. The van der Waals surface area contributed by atoms with Crippen molar-refractivity contribution in [2.75, 3.05) is 0 Å². The molecule has 2 aromatic rings. The lowest BCUT2D eigenvalue weighted by atomic mass is 10.1. The number of halogens is 1. The summed E-state index contributed by atoms with van der Waals surface area (Å²) >= 11 is 5.77. The smallest absolute Gasteiger partial charge is 0.335 e. The van der Waals surface area contributed by atoms with Crippen molar-refractivity contribution in [1.82, 2.24) is 4.98 Å². The summed E-state index contributed by atoms with van der Waals surface area (Å²) in [4.78, 5) is 14.9. The van der Waals surface area contributed by atoms with E-state index in [2.05, 4.69) is 4.98 Å². The number of benzene rings is 1. The van der Waals surface area contributed by atoms with Gasteiger partial charge >= 0.3 is 5.97 Å². The third-order valence-electron chi connectivity index (χ3n) is 2.11. The molecule has 16 heavy (non-hydrogen) atoms. The van der Waals surface area contributed by atoms with Crippen LogP contribution in [0.3, 0.4) is 0 Å². The Bertz CT molecular complexity index is 526. The molecule has 0 saturated heterocycles. The van der Waals surface area contributed by atoms with E-state index in [1.165, 1.54) is 12.1 Å². The summed E-state index contributed by atoms with van der Waals surface area (Å²) < 4.78 is 0. The zero-order valence-electron chi connectivity index (χ0n) is 8.22. The Morgan fingerprint density at radius 3 is 2.50 bits per heavy atom. The summed E-state index contributed by atoms with van der Waals surface area (Å²) in [5, 5.41) is 9.07. The van der Waals surface area contributed by atoms with E-state index < -0.39 is 5.97 Å². The van der Waals surface area contributed by atoms with Crippen LogP contribution in [0.25, 0.3) is 11.3 Å². The molecule has 3 nitrogen and oxygen atoms in total. The number of carboxylic acid groups (broad SMARTS) is 1. The molecule has 0 radical (unpaired) electrons. The lowest BCUT2D eigenvalue weighted by Gasteiger charge is -2.03. The second-order valence-electron chi connectivity index (χ2n) is 3.23. The highest BCUT2D eigenvalue weighted by molar-refractivity contribution is 6.29. The first kappa shape index (κ1) is 10.6. The molecular formula is C12H8ClNO2. The number of rotatable bonds is 2. The molecule has 1 N–H and O–H groups in total.